The van der Waals surface area contributed by atoms with Gasteiger partial charge >= 0.3 is 17.8 Å². The SMILES string of the molecule is C[C@]12SC(/C=C/c3ccc(C(=O)c4ccccc4)cc3)=CC1=C1C(=C3C=C(/C=C\c4ccc(C(=O)c5ccccc5)cc4)S[C@]32C)C(F)(F)C(F)(F)C1(F)F. The van der Waals surface area contributed by atoms with E-state index >= 15 is 26.3 Å². The Morgan fingerprint density at radius 1 is 0.473 bits per heavy atom. The van der Waals surface area contributed by atoms with Gasteiger partial charge in [0.25, 0.3) is 0 Å². The third-order valence-corrected chi connectivity index (χ3v) is 13.8. The Morgan fingerprint density at radius 2 is 0.800 bits per heavy atom. The molecule has 0 amide bonds. The third-order valence-electron chi connectivity index (χ3n) is 10.7. The van der Waals surface area contributed by atoms with Gasteiger partial charge in [-0.15, -0.1) is 23.5 Å². The Balaban J connectivity index is 1.11. The molecule has 2 aliphatic heterocycles. The fourth-order valence-corrected chi connectivity index (χ4v) is 10.5. The minimum atomic E-state index is -5.65. The number of thioether (sulfide) groups is 2. The summed E-state index contributed by atoms with van der Waals surface area (Å²) in [5, 5.41) is 0. The van der Waals surface area contributed by atoms with E-state index in [1.54, 1.807) is 135 Å². The second kappa shape index (κ2) is 13.0. The quantitative estimate of drug-likeness (QED) is 0.132. The van der Waals surface area contributed by atoms with Crippen LogP contribution in [-0.4, -0.2) is 38.8 Å². The molecule has 276 valence electrons. The van der Waals surface area contributed by atoms with Crippen molar-refractivity contribution >= 4 is 47.2 Å². The molecule has 4 aliphatic rings. The number of hydrogen-bond acceptors (Lipinski definition) is 4. The third kappa shape index (κ3) is 5.67. The van der Waals surface area contributed by atoms with Crippen molar-refractivity contribution in [1.29, 1.82) is 0 Å². The molecule has 2 heterocycles. The molecule has 0 bridgehead atoms. The molecule has 0 radical (unpaired) electrons. The lowest BCUT2D eigenvalue weighted by molar-refractivity contribution is -0.258. The van der Waals surface area contributed by atoms with Crippen molar-refractivity contribution in [2.24, 2.45) is 0 Å². The summed E-state index contributed by atoms with van der Waals surface area (Å²) in [6.07, 6.45) is 9.32. The molecule has 2 aliphatic carbocycles. The molecule has 0 saturated heterocycles. The van der Waals surface area contributed by atoms with Crippen LogP contribution in [0.25, 0.3) is 12.2 Å². The Labute approximate surface area is 322 Å². The van der Waals surface area contributed by atoms with Gasteiger partial charge in [-0.05, 0) is 60.4 Å². The maximum Gasteiger partial charge on any atom is 0.380 e. The van der Waals surface area contributed by atoms with Gasteiger partial charge in [-0.1, -0.05) is 121 Å². The van der Waals surface area contributed by atoms with Gasteiger partial charge < -0.3 is 0 Å². The molecule has 0 aromatic heterocycles. The van der Waals surface area contributed by atoms with Crippen LogP contribution in [0.3, 0.4) is 0 Å². The van der Waals surface area contributed by atoms with Crippen molar-refractivity contribution in [3.05, 3.63) is 199 Å². The van der Waals surface area contributed by atoms with E-state index < -0.39 is 38.4 Å². The van der Waals surface area contributed by atoms with Gasteiger partial charge in [0.05, 0.1) is 9.49 Å². The van der Waals surface area contributed by atoms with Crippen LogP contribution in [0, 0.1) is 0 Å². The molecule has 2 nitrogen and oxygen atoms in total. The van der Waals surface area contributed by atoms with Crippen molar-refractivity contribution in [3.63, 3.8) is 0 Å². The smallest absolute Gasteiger partial charge is 0.289 e. The van der Waals surface area contributed by atoms with E-state index in [1.807, 2.05) is 12.1 Å². The highest BCUT2D eigenvalue weighted by Gasteiger charge is 2.84. The number of carbonyl (C=O) groups excluding carboxylic acids is 2. The molecule has 0 spiro atoms. The van der Waals surface area contributed by atoms with Crippen LogP contribution < -0.4 is 0 Å². The van der Waals surface area contributed by atoms with Crippen molar-refractivity contribution < 1.29 is 35.9 Å². The largest absolute Gasteiger partial charge is 0.380 e. The van der Waals surface area contributed by atoms with Crippen LogP contribution in [0.2, 0.25) is 0 Å². The van der Waals surface area contributed by atoms with E-state index in [-0.39, 0.29) is 22.7 Å². The number of fused-ring (bicyclic) bond motifs is 4. The molecular formula is C45H30F6O2S2. The minimum absolute atomic E-state index is 0.154. The van der Waals surface area contributed by atoms with Crippen molar-refractivity contribution in [2.75, 3.05) is 0 Å². The van der Waals surface area contributed by atoms with Crippen LogP contribution in [0.5, 0.6) is 0 Å². The molecule has 2 atom stereocenters. The maximum atomic E-state index is 15.7. The molecule has 1 saturated carbocycles. The predicted molar refractivity (Wildman–Crippen MR) is 208 cm³/mol. The zero-order chi connectivity index (χ0) is 39.0. The van der Waals surface area contributed by atoms with E-state index in [0.717, 1.165) is 23.5 Å². The summed E-state index contributed by atoms with van der Waals surface area (Å²) in [4.78, 5) is 26.6. The molecule has 8 rings (SSSR count). The van der Waals surface area contributed by atoms with E-state index in [2.05, 4.69) is 0 Å². The number of rotatable bonds is 8. The first kappa shape index (κ1) is 36.9. The second-order valence-electron chi connectivity index (χ2n) is 14.0. The van der Waals surface area contributed by atoms with Crippen LogP contribution in [-0.2, 0) is 0 Å². The van der Waals surface area contributed by atoms with Crippen molar-refractivity contribution in [1.82, 2.24) is 0 Å². The summed E-state index contributed by atoms with van der Waals surface area (Å²) in [5.41, 5.74) is 0.220. The van der Waals surface area contributed by atoms with Gasteiger partial charge in [-0.2, -0.15) is 26.3 Å². The highest BCUT2D eigenvalue weighted by molar-refractivity contribution is 8.09. The number of alkyl halides is 6. The van der Waals surface area contributed by atoms with E-state index in [4.69, 9.17) is 0 Å². The Hall–Kier alpha value is -5.06. The Bertz CT molecular complexity index is 2270. The molecule has 4 aromatic carbocycles. The second-order valence-corrected chi connectivity index (χ2v) is 16.9. The van der Waals surface area contributed by atoms with Crippen LogP contribution in [0.4, 0.5) is 26.3 Å². The molecule has 55 heavy (non-hydrogen) atoms. The van der Waals surface area contributed by atoms with Gasteiger partial charge in [0.2, 0.25) is 0 Å². The van der Waals surface area contributed by atoms with Crippen molar-refractivity contribution in [2.45, 2.75) is 41.1 Å². The molecule has 0 N–H and O–H groups in total. The van der Waals surface area contributed by atoms with E-state index in [0.29, 0.717) is 43.2 Å². The zero-order valence-corrected chi connectivity index (χ0v) is 30.9. The highest BCUT2D eigenvalue weighted by atomic mass is 32.2. The summed E-state index contributed by atoms with van der Waals surface area (Å²) >= 11 is 2.32. The number of ketones is 2. The lowest BCUT2D eigenvalue weighted by Gasteiger charge is -2.47. The fraction of sp³-hybridized carbons (Fsp3) is 0.156. The van der Waals surface area contributed by atoms with Crippen LogP contribution in [0.1, 0.15) is 56.8 Å². The van der Waals surface area contributed by atoms with E-state index in [1.165, 1.54) is 12.2 Å². The molecule has 0 unspecified atom stereocenters. The zero-order valence-electron chi connectivity index (χ0n) is 29.3. The number of carbonyl (C=O) groups is 2. The average Bonchev–Trinajstić information content (AvgIpc) is 3.75. The predicted octanol–water partition coefficient (Wildman–Crippen LogP) is 12.2. The first-order valence-electron chi connectivity index (χ1n) is 17.3. The average molecular weight is 781 g/mol. The van der Waals surface area contributed by atoms with Gasteiger partial charge in [-0.3, -0.25) is 9.59 Å². The lowest BCUT2D eigenvalue weighted by Crippen LogP contribution is -2.48. The number of hydrogen-bond donors (Lipinski definition) is 0. The summed E-state index contributed by atoms with van der Waals surface area (Å²) in [6, 6.07) is 31.1. The highest BCUT2D eigenvalue weighted by Crippen LogP contribution is 2.74. The monoisotopic (exact) mass is 780 g/mol. The minimum Gasteiger partial charge on any atom is -0.289 e. The molecular weight excluding hydrogens is 751 g/mol. The number of halogens is 6. The normalized spacial score (nSPS) is 24.5. The topological polar surface area (TPSA) is 34.1 Å². The maximum absolute atomic E-state index is 15.7. The molecule has 4 aromatic rings. The Morgan fingerprint density at radius 3 is 1.15 bits per heavy atom. The standard InChI is InChI=1S/C45H30F6O2S2/c1-41-35(25-33(54-41)23-17-27-13-19-31(20-14-27)39(52)29-9-5-3-6-10-29)37-38(44(48,49)45(50,51)43(37,46)47)36-26-34(55-42(36,41)2)24-18-28-15-21-32(22-16-28)40(53)30-11-7-4-8-12-30/h3-26H,1-2H3/b23-17-,24-18+/t41-,42+/m1/s1. The van der Waals surface area contributed by atoms with Gasteiger partial charge in [-0.25, -0.2) is 0 Å². The first-order chi connectivity index (χ1) is 26.1. The summed E-state index contributed by atoms with van der Waals surface area (Å²) in [7, 11) is 0. The van der Waals surface area contributed by atoms with Gasteiger partial charge in [0.1, 0.15) is 0 Å². The van der Waals surface area contributed by atoms with Crippen LogP contribution in [0.15, 0.2) is 166 Å². The molecule has 10 heteroatoms. The number of allylic oxidation sites excluding steroid dienone is 6. The van der Waals surface area contributed by atoms with Gasteiger partial charge in [0, 0.05) is 43.2 Å². The summed E-state index contributed by atoms with van der Waals surface area (Å²) < 4.78 is 90.7. The lowest BCUT2D eigenvalue weighted by atomic mass is 9.71. The van der Waals surface area contributed by atoms with Crippen molar-refractivity contribution in [3.8, 4) is 0 Å². The van der Waals surface area contributed by atoms with E-state index in [9.17, 15) is 9.59 Å². The van der Waals surface area contributed by atoms with Crippen LogP contribution >= 0.6 is 23.5 Å². The Kier molecular flexibility index (Phi) is 8.73. The fourth-order valence-electron chi connectivity index (χ4n) is 7.49. The number of benzene rings is 4. The summed E-state index contributed by atoms with van der Waals surface area (Å²) in [5.74, 6) is -16.2. The van der Waals surface area contributed by atoms with Gasteiger partial charge in [0.15, 0.2) is 11.6 Å². The molecule has 1 fully saturated rings. The first-order valence-corrected chi connectivity index (χ1v) is 18.9. The summed E-state index contributed by atoms with van der Waals surface area (Å²) in [6.45, 7) is 3.28.